The van der Waals surface area contributed by atoms with Gasteiger partial charge in [-0.25, -0.2) is 9.59 Å². The minimum absolute atomic E-state index is 0.0440. The fourth-order valence-corrected chi connectivity index (χ4v) is 3.22. The normalized spacial score (nSPS) is 29.8. The molecule has 1 amide bonds. The number of amides is 1. The second-order valence-corrected chi connectivity index (χ2v) is 8.72. The van der Waals surface area contributed by atoms with Crippen LogP contribution in [0.5, 0.6) is 0 Å². The maximum Gasteiger partial charge on any atom is 0.411 e. The van der Waals surface area contributed by atoms with Gasteiger partial charge in [-0.1, -0.05) is 12.2 Å². The van der Waals surface area contributed by atoms with Crippen LogP contribution in [0, 0.1) is 5.92 Å². The van der Waals surface area contributed by atoms with Crippen molar-refractivity contribution < 1.29 is 23.8 Å². The fourth-order valence-electron chi connectivity index (χ4n) is 3.22. The lowest BCUT2D eigenvalue weighted by Gasteiger charge is -2.33. The van der Waals surface area contributed by atoms with E-state index >= 15 is 0 Å². The van der Waals surface area contributed by atoms with E-state index in [4.69, 9.17) is 14.2 Å². The van der Waals surface area contributed by atoms with Crippen molar-refractivity contribution in [1.29, 1.82) is 0 Å². The van der Waals surface area contributed by atoms with Crippen molar-refractivity contribution in [3.63, 3.8) is 0 Å². The highest BCUT2D eigenvalue weighted by Crippen LogP contribution is 2.39. The Hall–Kier alpha value is -1.56. The number of esters is 1. The zero-order valence-corrected chi connectivity index (χ0v) is 16.4. The first-order valence-electron chi connectivity index (χ1n) is 8.91. The van der Waals surface area contributed by atoms with E-state index < -0.39 is 29.3 Å². The average molecular weight is 353 g/mol. The lowest BCUT2D eigenvalue weighted by molar-refractivity contribution is -0.160. The van der Waals surface area contributed by atoms with Crippen LogP contribution in [0.3, 0.4) is 0 Å². The molecule has 0 saturated carbocycles. The standard InChI is InChI=1S/C19H31NO5/c1-8-9-12-10-13(16(21)24-18(2,3)4)20(15(12)14-11-23-14)17(22)25-19(5,6)7/h8-9,12-15H,10-11H2,1-7H3/t12-,13+,14?,15+/m1/s1. The van der Waals surface area contributed by atoms with E-state index in [1.165, 1.54) is 0 Å². The minimum atomic E-state index is -0.663. The summed E-state index contributed by atoms with van der Waals surface area (Å²) in [7, 11) is 0. The molecular formula is C19H31NO5. The average Bonchev–Trinajstić information content (AvgIpc) is 3.16. The largest absolute Gasteiger partial charge is 0.458 e. The molecule has 6 nitrogen and oxygen atoms in total. The summed E-state index contributed by atoms with van der Waals surface area (Å²) in [6.45, 7) is 13.4. The van der Waals surface area contributed by atoms with Crippen LogP contribution in [0.4, 0.5) is 4.79 Å². The minimum Gasteiger partial charge on any atom is -0.458 e. The second kappa shape index (κ2) is 6.98. The molecule has 0 aromatic rings. The van der Waals surface area contributed by atoms with E-state index in [2.05, 4.69) is 0 Å². The van der Waals surface area contributed by atoms with Crippen molar-refractivity contribution >= 4 is 12.1 Å². The number of nitrogens with zero attached hydrogens (tertiary/aromatic N) is 1. The van der Waals surface area contributed by atoms with Gasteiger partial charge in [-0.2, -0.15) is 0 Å². The quantitative estimate of drug-likeness (QED) is 0.442. The van der Waals surface area contributed by atoms with Crippen LogP contribution in [0.15, 0.2) is 12.2 Å². The molecular weight excluding hydrogens is 322 g/mol. The third kappa shape index (κ3) is 5.21. The summed E-state index contributed by atoms with van der Waals surface area (Å²) in [4.78, 5) is 27.1. The number of ether oxygens (including phenoxy) is 3. The summed E-state index contributed by atoms with van der Waals surface area (Å²) in [5.74, 6) is -0.349. The molecule has 2 fully saturated rings. The molecule has 2 saturated heterocycles. The van der Waals surface area contributed by atoms with Gasteiger partial charge in [0.2, 0.25) is 0 Å². The van der Waals surface area contributed by atoms with Gasteiger partial charge in [0.15, 0.2) is 0 Å². The Kier molecular flexibility index (Phi) is 5.52. The molecule has 0 bridgehead atoms. The number of hydrogen-bond acceptors (Lipinski definition) is 5. The molecule has 4 atom stereocenters. The molecule has 0 aromatic heterocycles. The smallest absolute Gasteiger partial charge is 0.411 e. The summed E-state index contributed by atoms with van der Waals surface area (Å²) >= 11 is 0. The molecule has 0 spiro atoms. The number of rotatable bonds is 3. The SMILES string of the molecule is CC=C[C@@H]1C[C@@H](C(=O)OC(C)(C)C)N(C(=O)OC(C)(C)C)[C@@H]1C1CO1. The first-order chi connectivity index (χ1) is 11.4. The van der Waals surface area contributed by atoms with Crippen LogP contribution in [0.25, 0.3) is 0 Å². The molecule has 0 aliphatic carbocycles. The summed E-state index contributed by atoms with van der Waals surface area (Å²) < 4.78 is 16.6. The van der Waals surface area contributed by atoms with Crippen LogP contribution in [0.2, 0.25) is 0 Å². The van der Waals surface area contributed by atoms with Crippen LogP contribution in [-0.2, 0) is 19.0 Å². The molecule has 2 aliphatic heterocycles. The maximum absolute atomic E-state index is 12.9. The summed E-state index contributed by atoms with van der Waals surface area (Å²) in [6.07, 6.45) is 3.96. The fraction of sp³-hybridized carbons (Fsp3) is 0.789. The Labute approximate surface area is 150 Å². The number of carbonyl (C=O) groups excluding carboxylic acids is 2. The summed E-state index contributed by atoms with van der Waals surface area (Å²) in [5, 5.41) is 0. The summed E-state index contributed by atoms with van der Waals surface area (Å²) in [5.41, 5.74) is -1.25. The molecule has 0 radical (unpaired) electrons. The molecule has 0 N–H and O–H groups in total. The highest BCUT2D eigenvalue weighted by atomic mass is 16.6. The predicted molar refractivity (Wildman–Crippen MR) is 94.2 cm³/mol. The molecule has 1 unspecified atom stereocenters. The van der Waals surface area contributed by atoms with Crippen LogP contribution in [0.1, 0.15) is 54.9 Å². The topological polar surface area (TPSA) is 68.4 Å². The molecule has 25 heavy (non-hydrogen) atoms. The Morgan fingerprint density at radius 3 is 2.08 bits per heavy atom. The lowest BCUT2D eigenvalue weighted by atomic mass is 9.96. The second-order valence-electron chi connectivity index (χ2n) is 8.72. The molecule has 0 aromatic carbocycles. The van der Waals surface area contributed by atoms with Gasteiger partial charge in [0.05, 0.1) is 12.6 Å². The summed E-state index contributed by atoms with van der Waals surface area (Å²) in [6, 6.07) is -0.868. The van der Waals surface area contributed by atoms with Gasteiger partial charge in [0, 0.05) is 5.92 Å². The van der Waals surface area contributed by atoms with Gasteiger partial charge >= 0.3 is 12.1 Å². The highest BCUT2D eigenvalue weighted by Gasteiger charge is 2.54. The third-order valence-electron chi connectivity index (χ3n) is 4.05. The van der Waals surface area contributed by atoms with E-state index in [9.17, 15) is 9.59 Å². The molecule has 2 aliphatic rings. The number of allylic oxidation sites excluding steroid dienone is 1. The Balaban J connectivity index is 2.30. The zero-order valence-electron chi connectivity index (χ0n) is 16.4. The van der Waals surface area contributed by atoms with Crippen molar-refractivity contribution in [2.75, 3.05) is 6.61 Å². The van der Waals surface area contributed by atoms with Crippen molar-refractivity contribution in [3.05, 3.63) is 12.2 Å². The van der Waals surface area contributed by atoms with E-state index in [1.807, 2.05) is 60.6 Å². The number of likely N-dealkylation sites (tertiary alicyclic amines) is 1. The Bertz CT molecular complexity index is 539. The van der Waals surface area contributed by atoms with E-state index in [0.717, 1.165) is 0 Å². The first kappa shape index (κ1) is 19.8. The van der Waals surface area contributed by atoms with Crippen molar-refractivity contribution in [2.24, 2.45) is 5.92 Å². The van der Waals surface area contributed by atoms with Gasteiger partial charge in [-0.05, 0) is 54.9 Å². The number of hydrogen-bond donors (Lipinski definition) is 0. The Morgan fingerprint density at radius 1 is 1.08 bits per heavy atom. The molecule has 2 rings (SSSR count). The van der Waals surface area contributed by atoms with Crippen molar-refractivity contribution in [2.45, 2.75) is 84.3 Å². The van der Waals surface area contributed by atoms with Gasteiger partial charge in [0.25, 0.3) is 0 Å². The van der Waals surface area contributed by atoms with E-state index in [1.54, 1.807) is 4.90 Å². The monoisotopic (exact) mass is 353 g/mol. The van der Waals surface area contributed by atoms with E-state index in [-0.39, 0.29) is 18.1 Å². The predicted octanol–water partition coefficient (Wildman–Crippen LogP) is 3.30. The third-order valence-corrected chi connectivity index (χ3v) is 4.05. The van der Waals surface area contributed by atoms with E-state index in [0.29, 0.717) is 13.0 Å². The van der Waals surface area contributed by atoms with Crippen molar-refractivity contribution in [3.8, 4) is 0 Å². The van der Waals surface area contributed by atoms with Crippen molar-refractivity contribution in [1.82, 2.24) is 4.90 Å². The number of epoxide rings is 1. The lowest BCUT2D eigenvalue weighted by Crippen LogP contribution is -2.50. The number of carbonyl (C=O) groups is 2. The Morgan fingerprint density at radius 2 is 1.64 bits per heavy atom. The van der Waals surface area contributed by atoms with Gasteiger partial charge in [-0.15, -0.1) is 0 Å². The first-order valence-corrected chi connectivity index (χ1v) is 8.91. The van der Waals surface area contributed by atoms with Crippen LogP contribution >= 0.6 is 0 Å². The van der Waals surface area contributed by atoms with Gasteiger partial charge in [0.1, 0.15) is 23.3 Å². The highest BCUT2D eigenvalue weighted by molar-refractivity contribution is 5.83. The molecule has 6 heteroatoms. The van der Waals surface area contributed by atoms with Crippen LogP contribution < -0.4 is 0 Å². The van der Waals surface area contributed by atoms with Gasteiger partial charge < -0.3 is 14.2 Å². The molecule has 2 heterocycles. The van der Waals surface area contributed by atoms with Gasteiger partial charge in [-0.3, -0.25) is 4.90 Å². The zero-order chi connectivity index (χ0) is 19.0. The maximum atomic E-state index is 12.9. The molecule has 142 valence electrons. The van der Waals surface area contributed by atoms with Crippen LogP contribution in [-0.4, -0.2) is 53.0 Å².